The second-order valence-corrected chi connectivity index (χ2v) is 4.19. The lowest BCUT2D eigenvalue weighted by Gasteiger charge is -2.15. The van der Waals surface area contributed by atoms with Crippen molar-refractivity contribution < 1.29 is 23.7 Å². The molecular formula is C14H17NO5. The summed E-state index contributed by atoms with van der Waals surface area (Å²) >= 11 is 0. The standard InChI is InChI=1S/C14H17NO5/c1-8(20-7-16)9-6-15-10-5-11(17-2)13(18-3)14(19-4)12(9)10/h5-8,15H,1-4H3. The van der Waals surface area contributed by atoms with Gasteiger partial charge in [0.15, 0.2) is 11.5 Å². The molecule has 0 saturated carbocycles. The van der Waals surface area contributed by atoms with Crippen LogP contribution in [-0.4, -0.2) is 32.8 Å². The molecule has 2 aromatic rings. The predicted octanol–water partition coefficient (Wildman–Crippen LogP) is 2.43. The van der Waals surface area contributed by atoms with Crippen LogP contribution in [-0.2, 0) is 9.53 Å². The number of aromatic amines is 1. The van der Waals surface area contributed by atoms with Crippen LogP contribution in [0.2, 0.25) is 0 Å². The van der Waals surface area contributed by atoms with Crippen molar-refractivity contribution in [3.8, 4) is 17.2 Å². The summed E-state index contributed by atoms with van der Waals surface area (Å²) in [4.78, 5) is 13.6. The van der Waals surface area contributed by atoms with E-state index in [-0.39, 0.29) is 0 Å². The van der Waals surface area contributed by atoms with Gasteiger partial charge in [-0.1, -0.05) is 0 Å². The molecule has 1 atom stereocenters. The quantitative estimate of drug-likeness (QED) is 0.822. The molecule has 0 aliphatic rings. The number of carbonyl (C=O) groups excluding carboxylic acids is 1. The van der Waals surface area contributed by atoms with Gasteiger partial charge in [0, 0.05) is 17.8 Å². The molecule has 0 aliphatic heterocycles. The Morgan fingerprint density at radius 2 is 1.85 bits per heavy atom. The number of aromatic nitrogens is 1. The summed E-state index contributed by atoms with van der Waals surface area (Å²) in [5.74, 6) is 1.61. The molecule has 0 aliphatic carbocycles. The summed E-state index contributed by atoms with van der Waals surface area (Å²) in [5.41, 5.74) is 1.63. The van der Waals surface area contributed by atoms with E-state index in [0.717, 1.165) is 16.5 Å². The molecule has 0 amide bonds. The third-order valence-electron chi connectivity index (χ3n) is 3.20. The Hall–Kier alpha value is -2.37. The van der Waals surface area contributed by atoms with Gasteiger partial charge in [-0.2, -0.15) is 0 Å². The van der Waals surface area contributed by atoms with Gasteiger partial charge in [0.1, 0.15) is 6.10 Å². The molecule has 0 radical (unpaired) electrons. The van der Waals surface area contributed by atoms with Gasteiger partial charge in [-0.05, 0) is 6.92 Å². The smallest absolute Gasteiger partial charge is 0.293 e. The second kappa shape index (κ2) is 5.73. The number of methoxy groups -OCH3 is 3. The van der Waals surface area contributed by atoms with Crippen LogP contribution in [0, 0.1) is 0 Å². The van der Waals surface area contributed by atoms with Crippen LogP contribution in [0.1, 0.15) is 18.6 Å². The van der Waals surface area contributed by atoms with Gasteiger partial charge in [0.25, 0.3) is 6.47 Å². The molecule has 1 heterocycles. The van der Waals surface area contributed by atoms with E-state index in [9.17, 15) is 4.79 Å². The van der Waals surface area contributed by atoms with Gasteiger partial charge in [0.2, 0.25) is 5.75 Å². The predicted molar refractivity (Wildman–Crippen MR) is 73.5 cm³/mol. The van der Waals surface area contributed by atoms with Crippen molar-refractivity contribution in [1.29, 1.82) is 0 Å². The van der Waals surface area contributed by atoms with Crippen LogP contribution in [0.5, 0.6) is 17.2 Å². The zero-order valence-electron chi connectivity index (χ0n) is 11.9. The van der Waals surface area contributed by atoms with Gasteiger partial charge in [0.05, 0.1) is 32.2 Å². The molecular weight excluding hydrogens is 262 g/mol. The highest BCUT2D eigenvalue weighted by atomic mass is 16.5. The number of nitrogens with one attached hydrogen (secondary N) is 1. The first-order valence-electron chi connectivity index (χ1n) is 6.06. The van der Waals surface area contributed by atoms with Crippen LogP contribution < -0.4 is 14.2 Å². The first-order chi connectivity index (χ1) is 9.67. The maximum atomic E-state index is 10.5. The SMILES string of the molecule is COc1cc2[nH]cc(C(C)OC=O)c2c(OC)c1OC. The Balaban J connectivity index is 2.73. The molecule has 108 valence electrons. The Labute approximate surface area is 116 Å². The average Bonchev–Trinajstić information content (AvgIpc) is 2.88. The van der Waals surface area contributed by atoms with Crippen molar-refractivity contribution in [2.45, 2.75) is 13.0 Å². The summed E-state index contributed by atoms with van der Waals surface area (Å²) in [6, 6.07) is 1.81. The number of ether oxygens (including phenoxy) is 4. The highest BCUT2D eigenvalue weighted by Crippen LogP contribution is 2.45. The minimum absolute atomic E-state index is 0.395. The highest BCUT2D eigenvalue weighted by Gasteiger charge is 2.22. The Bertz CT molecular complexity index is 620. The average molecular weight is 279 g/mol. The molecule has 1 unspecified atom stereocenters. The second-order valence-electron chi connectivity index (χ2n) is 4.19. The van der Waals surface area contributed by atoms with Crippen molar-refractivity contribution in [2.75, 3.05) is 21.3 Å². The fourth-order valence-electron chi connectivity index (χ4n) is 2.26. The van der Waals surface area contributed by atoms with E-state index in [0.29, 0.717) is 23.7 Å². The highest BCUT2D eigenvalue weighted by molar-refractivity contribution is 5.94. The number of carbonyl (C=O) groups is 1. The summed E-state index contributed by atoms with van der Waals surface area (Å²) in [6.45, 7) is 2.21. The largest absolute Gasteiger partial charge is 0.493 e. The van der Waals surface area contributed by atoms with Crippen LogP contribution >= 0.6 is 0 Å². The number of benzene rings is 1. The number of fused-ring (bicyclic) bond motifs is 1. The van der Waals surface area contributed by atoms with Crippen molar-refractivity contribution in [3.05, 3.63) is 17.8 Å². The summed E-state index contributed by atoms with van der Waals surface area (Å²) < 4.78 is 21.1. The van der Waals surface area contributed by atoms with Crippen LogP contribution in [0.25, 0.3) is 10.9 Å². The van der Waals surface area contributed by atoms with Gasteiger partial charge < -0.3 is 23.9 Å². The molecule has 1 aromatic carbocycles. The molecule has 0 saturated heterocycles. The lowest BCUT2D eigenvalue weighted by atomic mass is 10.1. The Morgan fingerprint density at radius 1 is 1.15 bits per heavy atom. The molecule has 6 nitrogen and oxygen atoms in total. The fraction of sp³-hybridized carbons (Fsp3) is 0.357. The number of hydrogen-bond acceptors (Lipinski definition) is 5. The summed E-state index contributed by atoms with van der Waals surface area (Å²) in [7, 11) is 4.66. The molecule has 0 bridgehead atoms. The van der Waals surface area contributed by atoms with E-state index in [4.69, 9.17) is 18.9 Å². The molecule has 0 spiro atoms. The zero-order valence-corrected chi connectivity index (χ0v) is 11.9. The topological polar surface area (TPSA) is 69.8 Å². The van der Waals surface area contributed by atoms with E-state index in [1.54, 1.807) is 34.4 Å². The van der Waals surface area contributed by atoms with Gasteiger partial charge in [-0.15, -0.1) is 0 Å². The van der Waals surface area contributed by atoms with Gasteiger partial charge >= 0.3 is 0 Å². The van der Waals surface area contributed by atoms with Crippen LogP contribution in [0.4, 0.5) is 0 Å². The van der Waals surface area contributed by atoms with Gasteiger partial charge in [-0.25, -0.2) is 0 Å². The maximum Gasteiger partial charge on any atom is 0.293 e. The minimum Gasteiger partial charge on any atom is -0.493 e. The van der Waals surface area contributed by atoms with Crippen molar-refractivity contribution in [1.82, 2.24) is 4.98 Å². The summed E-state index contributed by atoms with van der Waals surface area (Å²) in [5, 5.41) is 0.805. The van der Waals surface area contributed by atoms with E-state index in [1.165, 1.54) is 0 Å². The first kappa shape index (κ1) is 14.0. The zero-order chi connectivity index (χ0) is 14.7. The monoisotopic (exact) mass is 279 g/mol. The van der Waals surface area contributed by atoms with Crippen molar-refractivity contribution in [3.63, 3.8) is 0 Å². The van der Waals surface area contributed by atoms with E-state index >= 15 is 0 Å². The van der Waals surface area contributed by atoms with Gasteiger partial charge in [-0.3, -0.25) is 4.79 Å². The molecule has 1 aromatic heterocycles. The van der Waals surface area contributed by atoms with Crippen molar-refractivity contribution in [2.24, 2.45) is 0 Å². The summed E-state index contributed by atoms with van der Waals surface area (Å²) in [6.07, 6.45) is 1.38. The Morgan fingerprint density at radius 3 is 2.40 bits per heavy atom. The molecule has 2 rings (SSSR count). The first-order valence-corrected chi connectivity index (χ1v) is 6.06. The van der Waals surface area contributed by atoms with Crippen molar-refractivity contribution >= 4 is 17.4 Å². The third-order valence-corrected chi connectivity index (χ3v) is 3.20. The lowest BCUT2D eigenvalue weighted by molar-refractivity contribution is -0.133. The Kier molecular flexibility index (Phi) is 4.02. The van der Waals surface area contributed by atoms with Crippen LogP contribution in [0.3, 0.4) is 0 Å². The van der Waals surface area contributed by atoms with E-state index in [1.807, 2.05) is 6.07 Å². The molecule has 6 heteroatoms. The molecule has 0 fully saturated rings. The number of H-pyrrole nitrogens is 1. The molecule has 20 heavy (non-hydrogen) atoms. The lowest BCUT2D eigenvalue weighted by Crippen LogP contribution is -2.00. The van der Waals surface area contributed by atoms with E-state index in [2.05, 4.69) is 4.98 Å². The molecule has 1 N–H and O–H groups in total. The number of hydrogen-bond donors (Lipinski definition) is 1. The minimum atomic E-state index is -0.395. The van der Waals surface area contributed by atoms with E-state index < -0.39 is 6.10 Å². The van der Waals surface area contributed by atoms with Crippen LogP contribution in [0.15, 0.2) is 12.3 Å². The number of rotatable bonds is 6. The maximum absolute atomic E-state index is 10.5. The fourth-order valence-corrected chi connectivity index (χ4v) is 2.26. The third kappa shape index (κ3) is 2.13. The normalized spacial score (nSPS) is 12.0.